The van der Waals surface area contributed by atoms with Crippen molar-refractivity contribution in [1.29, 1.82) is 0 Å². The highest BCUT2D eigenvalue weighted by Crippen LogP contribution is 2.15. The SMILES string of the molecule is Cc1ccccc1CCc1cc[nH]c(=O)c1O. The predicted octanol–water partition coefficient (Wildman–Crippen LogP) is 2.17. The van der Waals surface area contributed by atoms with Crippen LogP contribution >= 0.6 is 0 Å². The smallest absolute Gasteiger partial charge is 0.290 e. The van der Waals surface area contributed by atoms with Crippen LogP contribution in [-0.2, 0) is 12.8 Å². The molecule has 0 unspecified atom stereocenters. The summed E-state index contributed by atoms with van der Waals surface area (Å²) in [5.74, 6) is -0.166. The number of aromatic amines is 1. The number of aromatic hydroxyl groups is 1. The minimum atomic E-state index is -0.424. The number of aryl methyl sites for hydroxylation is 3. The van der Waals surface area contributed by atoms with Crippen LogP contribution in [0.1, 0.15) is 16.7 Å². The Kier molecular flexibility index (Phi) is 3.28. The van der Waals surface area contributed by atoms with E-state index < -0.39 is 5.56 Å². The van der Waals surface area contributed by atoms with E-state index in [4.69, 9.17) is 0 Å². The second-order valence-corrected chi connectivity index (χ2v) is 4.11. The summed E-state index contributed by atoms with van der Waals surface area (Å²) >= 11 is 0. The zero-order chi connectivity index (χ0) is 12.3. The van der Waals surface area contributed by atoms with Crippen molar-refractivity contribution in [2.75, 3.05) is 0 Å². The lowest BCUT2D eigenvalue weighted by atomic mass is 10.0. The fourth-order valence-corrected chi connectivity index (χ4v) is 1.87. The number of H-pyrrole nitrogens is 1. The van der Waals surface area contributed by atoms with E-state index >= 15 is 0 Å². The molecule has 3 heteroatoms. The summed E-state index contributed by atoms with van der Waals surface area (Å²) < 4.78 is 0. The van der Waals surface area contributed by atoms with Gasteiger partial charge in [0, 0.05) is 11.8 Å². The van der Waals surface area contributed by atoms with Crippen LogP contribution in [0.3, 0.4) is 0 Å². The third kappa shape index (κ3) is 2.56. The van der Waals surface area contributed by atoms with E-state index in [1.165, 1.54) is 11.1 Å². The normalized spacial score (nSPS) is 10.4. The number of hydrogen-bond donors (Lipinski definition) is 2. The average molecular weight is 229 g/mol. The quantitative estimate of drug-likeness (QED) is 0.847. The molecule has 2 N–H and O–H groups in total. The van der Waals surface area contributed by atoms with Gasteiger partial charge < -0.3 is 10.1 Å². The Labute approximate surface area is 99.8 Å². The lowest BCUT2D eigenvalue weighted by Gasteiger charge is -2.06. The zero-order valence-corrected chi connectivity index (χ0v) is 9.73. The molecule has 0 atom stereocenters. The van der Waals surface area contributed by atoms with Crippen LogP contribution in [0, 0.1) is 6.92 Å². The molecule has 88 valence electrons. The van der Waals surface area contributed by atoms with Crippen LogP contribution in [0.15, 0.2) is 41.3 Å². The number of aromatic nitrogens is 1. The number of hydrogen-bond acceptors (Lipinski definition) is 2. The molecule has 0 bridgehead atoms. The highest BCUT2D eigenvalue weighted by atomic mass is 16.3. The molecular weight excluding hydrogens is 214 g/mol. The van der Waals surface area contributed by atoms with Gasteiger partial charge in [0.05, 0.1) is 0 Å². The number of pyridine rings is 1. The van der Waals surface area contributed by atoms with Crippen molar-refractivity contribution in [3.05, 3.63) is 63.6 Å². The van der Waals surface area contributed by atoms with Gasteiger partial charge in [0.15, 0.2) is 5.75 Å². The summed E-state index contributed by atoms with van der Waals surface area (Å²) in [5, 5.41) is 9.60. The molecule has 1 aromatic heterocycles. The van der Waals surface area contributed by atoms with Gasteiger partial charge in [-0.05, 0) is 37.0 Å². The van der Waals surface area contributed by atoms with Crippen molar-refractivity contribution in [1.82, 2.24) is 4.98 Å². The lowest BCUT2D eigenvalue weighted by Crippen LogP contribution is -2.07. The van der Waals surface area contributed by atoms with E-state index in [2.05, 4.69) is 24.0 Å². The molecule has 0 fully saturated rings. The van der Waals surface area contributed by atoms with Crippen LogP contribution in [0.5, 0.6) is 5.75 Å². The molecule has 1 aromatic carbocycles. The summed E-state index contributed by atoms with van der Waals surface area (Å²) in [5.41, 5.74) is 2.74. The van der Waals surface area contributed by atoms with Gasteiger partial charge in [0.1, 0.15) is 0 Å². The first-order valence-corrected chi connectivity index (χ1v) is 5.62. The molecule has 0 aliphatic heterocycles. The molecule has 3 nitrogen and oxygen atoms in total. The first-order valence-electron chi connectivity index (χ1n) is 5.62. The van der Waals surface area contributed by atoms with Crippen molar-refractivity contribution in [3.8, 4) is 5.75 Å². The first kappa shape index (κ1) is 11.5. The van der Waals surface area contributed by atoms with Crippen LogP contribution < -0.4 is 5.56 Å². The minimum Gasteiger partial charge on any atom is -0.503 e. The van der Waals surface area contributed by atoms with Crippen LogP contribution in [-0.4, -0.2) is 10.1 Å². The van der Waals surface area contributed by atoms with Gasteiger partial charge in [-0.2, -0.15) is 0 Å². The average Bonchev–Trinajstić information content (AvgIpc) is 2.33. The maximum absolute atomic E-state index is 11.2. The van der Waals surface area contributed by atoms with Crippen molar-refractivity contribution in [2.45, 2.75) is 19.8 Å². The molecule has 0 spiro atoms. The van der Waals surface area contributed by atoms with Crippen molar-refractivity contribution in [3.63, 3.8) is 0 Å². The second-order valence-electron chi connectivity index (χ2n) is 4.11. The standard InChI is InChI=1S/C14H15NO2/c1-10-4-2-3-5-11(10)6-7-12-8-9-15-14(17)13(12)16/h2-5,8-9,16H,6-7H2,1H3,(H,15,17). The fraction of sp³-hybridized carbons (Fsp3) is 0.214. The van der Waals surface area contributed by atoms with E-state index in [-0.39, 0.29) is 5.75 Å². The molecule has 1 heterocycles. The Morgan fingerprint density at radius 1 is 1.12 bits per heavy atom. The maximum Gasteiger partial charge on any atom is 0.290 e. The zero-order valence-electron chi connectivity index (χ0n) is 9.73. The molecule has 0 saturated carbocycles. The van der Waals surface area contributed by atoms with E-state index in [9.17, 15) is 9.90 Å². The largest absolute Gasteiger partial charge is 0.503 e. The molecule has 0 saturated heterocycles. The van der Waals surface area contributed by atoms with Crippen molar-refractivity contribution >= 4 is 0 Å². The third-order valence-corrected chi connectivity index (χ3v) is 2.94. The van der Waals surface area contributed by atoms with Crippen LogP contribution in [0.4, 0.5) is 0 Å². The van der Waals surface area contributed by atoms with Gasteiger partial charge in [0.2, 0.25) is 0 Å². The van der Waals surface area contributed by atoms with Gasteiger partial charge >= 0.3 is 0 Å². The number of rotatable bonds is 3. The first-order chi connectivity index (χ1) is 8.18. The molecule has 0 amide bonds. The predicted molar refractivity (Wildman–Crippen MR) is 67.3 cm³/mol. The Morgan fingerprint density at radius 3 is 2.59 bits per heavy atom. The van der Waals surface area contributed by atoms with E-state index in [0.717, 1.165) is 6.42 Å². The molecule has 0 aliphatic carbocycles. The second kappa shape index (κ2) is 4.87. The lowest BCUT2D eigenvalue weighted by molar-refractivity contribution is 0.459. The van der Waals surface area contributed by atoms with Crippen molar-refractivity contribution in [2.24, 2.45) is 0 Å². The van der Waals surface area contributed by atoms with E-state index in [1.54, 1.807) is 12.3 Å². The van der Waals surface area contributed by atoms with Gasteiger partial charge in [-0.1, -0.05) is 24.3 Å². The van der Waals surface area contributed by atoms with Crippen LogP contribution in [0.25, 0.3) is 0 Å². The summed E-state index contributed by atoms with van der Waals surface area (Å²) in [6, 6.07) is 9.88. The molecule has 17 heavy (non-hydrogen) atoms. The Balaban J connectivity index is 2.16. The molecule has 0 aliphatic rings. The third-order valence-electron chi connectivity index (χ3n) is 2.94. The molecular formula is C14H15NO2. The highest BCUT2D eigenvalue weighted by molar-refractivity contribution is 5.31. The van der Waals surface area contributed by atoms with Gasteiger partial charge in [-0.25, -0.2) is 0 Å². The minimum absolute atomic E-state index is 0.166. The fourth-order valence-electron chi connectivity index (χ4n) is 1.87. The maximum atomic E-state index is 11.2. The highest BCUT2D eigenvalue weighted by Gasteiger charge is 2.05. The van der Waals surface area contributed by atoms with Gasteiger partial charge in [-0.3, -0.25) is 4.79 Å². The molecule has 2 aromatic rings. The topological polar surface area (TPSA) is 53.1 Å². The monoisotopic (exact) mass is 229 g/mol. The summed E-state index contributed by atoms with van der Waals surface area (Å²) in [6.45, 7) is 2.06. The molecule has 2 rings (SSSR count). The van der Waals surface area contributed by atoms with E-state index in [1.807, 2.05) is 12.1 Å². The Bertz CT molecular complexity index is 572. The van der Waals surface area contributed by atoms with Gasteiger partial charge in [-0.15, -0.1) is 0 Å². The van der Waals surface area contributed by atoms with Crippen LogP contribution in [0.2, 0.25) is 0 Å². The van der Waals surface area contributed by atoms with Gasteiger partial charge in [0.25, 0.3) is 5.56 Å². The summed E-state index contributed by atoms with van der Waals surface area (Å²) in [7, 11) is 0. The Hall–Kier alpha value is -2.03. The van der Waals surface area contributed by atoms with Crippen molar-refractivity contribution < 1.29 is 5.11 Å². The molecule has 0 radical (unpaired) electrons. The Morgan fingerprint density at radius 2 is 1.82 bits per heavy atom. The number of benzene rings is 1. The summed E-state index contributed by atoms with van der Waals surface area (Å²) in [6.07, 6.45) is 3.06. The summed E-state index contributed by atoms with van der Waals surface area (Å²) in [4.78, 5) is 13.7. The number of nitrogens with one attached hydrogen (secondary N) is 1. The van der Waals surface area contributed by atoms with E-state index in [0.29, 0.717) is 12.0 Å².